The molecule has 1 atom stereocenters. The third-order valence-electron chi connectivity index (χ3n) is 3.71. The van der Waals surface area contributed by atoms with Gasteiger partial charge < -0.3 is 9.73 Å². The smallest absolute Gasteiger partial charge is 0.277 e. The Labute approximate surface area is 161 Å². The minimum atomic E-state index is -0.294. The SMILES string of the molecule is CCC(Sc1nnc(-c2ccc(Cl)cc2)o1)C(=O)NCc1ccccc1. The van der Waals surface area contributed by atoms with E-state index in [0.29, 0.717) is 29.1 Å². The lowest BCUT2D eigenvalue weighted by Crippen LogP contribution is -2.31. The average Bonchev–Trinajstić information content (AvgIpc) is 3.14. The Balaban J connectivity index is 1.61. The number of carbonyl (C=O) groups excluding carboxylic acids is 1. The van der Waals surface area contributed by atoms with Crippen molar-refractivity contribution < 1.29 is 9.21 Å². The van der Waals surface area contributed by atoms with Gasteiger partial charge in [0, 0.05) is 17.1 Å². The monoisotopic (exact) mass is 387 g/mol. The van der Waals surface area contributed by atoms with Gasteiger partial charge in [-0.2, -0.15) is 0 Å². The van der Waals surface area contributed by atoms with Crippen molar-refractivity contribution in [2.24, 2.45) is 0 Å². The van der Waals surface area contributed by atoms with Crippen molar-refractivity contribution in [1.29, 1.82) is 0 Å². The molecule has 1 unspecified atom stereocenters. The van der Waals surface area contributed by atoms with Crippen LogP contribution in [-0.2, 0) is 11.3 Å². The maximum atomic E-state index is 12.4. The number of rotatable bonds is 7. The molecule has 1 heterocycles. The van der Waals surface area contributed by atoms with E-state index in [0.717, 1.165) is 11.1 Å². The first-order valence-electron chi connectivity index (χ1n) is 8.23. The third-order valence-corrected chi connectivity index (χ3v) is 5.16. The Kier molecular flexibility index (Phi) is 6.30. The molecule has 1 N–H and O–H groups in total. The lowest BCUT2D eigenvalue weighted by molar-refractivity contribution is -0.120. The molecule has 1 aromatic heterocycles. The quantitative estimate of drug-likeness (QED) is 0.601. The van der Waals surface area contributed by atoms with Crippen molar-refractivity contribution in [1.82, 2.24) is 15.5 Å². The molecule has 0 fully saturated rings. The molecule has 0 bridgehead atoms. The highest BCUT2D eigenvalue weighted by Crippen LogP contribution is 2.28. The van der Waals surface area contributed by atoms with Gasteiger partial charge in [-0.25, -0.2) is 0 Å². The maximum Gasteiger partial charge on any atom is 0.277 e. The van der Waals surface area contributed by atoms with Crippen LogP contribution in [0.2, 0.25) is 5.02 Å². The summed E-state index contributed by atoms with van der Waals surface area (Å²) in [5.74, 6) is 0.358. The molecule has 3 rings (SSSR count). The molecule has 3 aromatic rings. The molecule has 0 saturated heterocycles. The number of hydrogen-bond donors (Lipinski definition) is 1. The fourth-order valence-electron chi connectivity index (χ4n) is 2.31. The van der Waals surface area contributed by atoms with Gasteiger partial charge in [0.1, 0.15) is 0 Å². The summed E-state index contributed by atoms with van der Waals surface area (Å²) in [4.78, 5) is 12.4. The summed E-state index contributed by atoms with van der Waals surface area (Å²) in [5.41, 5.74) is 1.85. The fourth-order valence-corrected chi connectivity index (χ4v) is 3.25. The summed E-state index contributed by atoms with van der Waals surface area (Å²) >= 11 is 7.16. The van der Waals surface area contributed by atoms with Crippen molar-refractivity contribution in [3.8, 4) is 11.5 Å². The zero-order valence-corrected chi connectivity index (χ0v) is 15.8. The molecule has 7 heteroatoms. The molecule has 0 aliphatic rings. The van der Waals surface area contributed by atoms with Gasteiger partial charge in [0.05, 0.1) is 5.25 Å². The highest BCUT2D eigenvalue weighted by Gasteiger charge is 2.21. The topological polar surface area (TPSA) is 68.0 Å². The molecule has 2 aromatic carbocycles. The van der Waals surface area contributed by atoms with Crippen molar-refractivity contribution >= 4 is 29.3 Å². The minimum Gasteiger partial charge on any atom is -0.411 e. The van der Waals surface area contributed by atoms with Crippen LogP contribution in [-0.4, -0.2) is 21.4 Å². The van der Waals surface area contributed by atoms with Gasteiger partial charge in [-0.15, -0.1) is 10.2 Å². The molecule has 26 heavy (non-hydrogen) atoms. The van der Waals surface area contributed by atoms with E-state index >= 15 is 0 Å². The van der Waals surface area contributed by atoms with Gasteiger partial charge in [0.25, 0.3) is 5.22 Å². The van der Waals surface area contributed by atoms with E-state index in [2.05, 4.69) is 15.5 Å². The van der Waals surface area contributed by atoms with Crippen molar-refractivity contribution in [3.63, 3.8) is 0 Å². The molecule has 5 nitrogen and oxygen atoms in total. The van der Waals surface area contributed by atoms with Gasteiger partial charge in [0.2, 0.25) is 11.8 Å². The summed E-state index contributed by atoms with van der Waals surface area (Å²) in [6.45, 7) is 2.45. The van der Waals surface area contributed by atoms with E-state index < -0.39 is 0 Å². The summed E-state index contributed by atoms with van der Waals surface area (Å²) in [5, 5.41) is 11.8. The first-order chi connectivity index (χ1) is 12.7. The number of thioether (sulfide) groups is 1. The predicted octanol–water partition coefficient (Wildman–Crippen LogP) is 4.58. The summed E-state index contributed by atoms with van der Waals surface area (Å²) in [6.07, 6.45) is 0.657. The molecular formula is C19H18ClN3O2S. The highest BCUT2D eigenvalue weighted by molar-refractivity contribution is 8.00. The van der Waals surface area contributed by atoms with Crippen LogP contribution in [0.3, 0.4) is 0 Å². The van der Waals surface area contributed by atoms with Gasteiger partial charge in [-0.1, -0.05) is 60.6 Å². The van der Waals surface area contributed by atoms with Crippen LogP contribution in [0, 0.1) is 0 Å². The van der Waals surface area contributed by atoms with Crippen LogP contribution in [0.5, 0.6) is 0 Å². The van der Waals surface area contributed by atoms with Gasteiger partial charge in [-0.05, 0) is 36.2 Å². The van der Waals surface area contributed by atoms with Crippen LogP contribution >= 0.6 is 23.4 Å². The van der Waals surface area contributed by atoms with Crippen molar-refractivity contribution in [3.05, 3.63) is 65.2 Å². The Bertz CT molecular complexity index is 853. The van der Waals surface area contributed by atoms with Gasteiger partial charge in [-0.3, -0.25) is 4.79 Å². The molecule has 0 radical (unpaired) electrons. The number of halogens is 1. The van der Waals surface area contributed by atoms with E-state index in [1.807, 2.05) is 49.4 Å². The van der Waals surface area contributed by atoms with Gasteiger partial charge >= 0.3 is 0 Å². The number of nitrogens with zero attached hydrogens (tertiary/aromatic N) is 2. The molecule has 1 amide bonds. The highest BCUT2D eigenvalue weighted by atomic mass is 35.5. The normalized spacial score (nSPS) is 11.9. The lowest BCUT2D eigenvalue weighted by atomic mass is 10.2. The second-order valence-corrected chi connectivity index (χ2v) is 7.19. The van der Waals surface area contributed by atoms with Crippen LogP contribution in [0.1, 0.15) is 18.9 Å². The van der Waals surface area contributed by atoms with Crippen LogP contribution in [0.4, 0.5) is 0 Å². The van der Waals surface area contributed by atoms with E-state index in [1.165, 1.54) is 11.8 Å². The average molecular weight is 388 g/mol. The van der Waals surface area contributed by atoms with Crippen molar-refractivity contribution in [2.75, 3.05) is 0 Å². The maximum absolute atomic E-state index is 12.4. The number of nitrogens with one attached hydrogen (secondary N) is 1. The lowest BCUT2D eigenvalue weighted by Gasteiger charge is -2.12. The number of carbonyl (C=O) groups is 1. The summed E-state index contributed by atoms with van der Waals surface area (Å²) in [6, 6.07) is 17.0. The second kappa shape index (κ2) is 8.87. The van der Waals surface area contributed by atoms with Crippen LogP contribution in [0.15, 0.2) is 64.2 Å². The predicted molar refractivity (Wildman–Crippen MR) is 103 cm³/mol. The van der Waals surface area contributed by atoms with E-state index in [4.69, 9.17) is 16.0 Å². The van der Waals surface area contributed by atoms with Crippen molar-refractivity contribution in [2.45, 2.75) is 30.4 Å². The number of hydrogen-bond acceptors (Lipinski definition) is 5. The standard InChI is InChI=1S/C19H18ClN3O2S/c1-2-16(17(24)21-12-13-6-4-3-5-7-13)26-19-23-22-18(25-19)14-8-10-15(20)11-9-14/h3-11,16H,2,12H2,1H3,(H,21,24). The minimum absolute atomic E-state index is 0.0485. The largest absolute Gasteiger partial charge is 0.411 e. The number of amides is 1. The third kappa shape index (κ3) is 4.86. The van der Waals surface area contributed by atoms with Gasteiger partial charge in [0.15, 0.2) is 0 Å². The molecule has 0 aliphatic heterocycles. The van der Waals surface area contributed by atoms with E-state index in [-0.39, 0.29) is 11.2 Å². The Morgan fingerprint density at radius 1 is 1.15 bits per heavy atom. The Hall–Kier alpha value is -2.31. The fraction of sp³-hybridized carbons (Fsp3) is 0.211. The molecule has 0 saturated carbocycles. The Morgan fingerprint density at radius 3 is 2.58 bits per heavy atom. The Morgan fingerprint density at radius 2 is 1.88 bits per heavy atom. The molecular weight excluding hydrogens is 370 g/mol. The van der Waals surface area contributed by atoms with Crippen LogP contribution < -0.4 is 5.32 Å². The zero-order valence-electron chi connectivity index (χ0n) is 14.2. The molecule has 0 aliphatic carbocycles. The second-order valence-electron chi connectivity index (χ2n) is 5.60. The van der Waals surface area contributed by atoms with E-state index in [9.17, 15) is 4.79 Å². The number of aromatic nitrogens is 2. The van der Waals surface area contributed by atoms with Crippen LogP contribution in [0.25, 0.3) is 11.5 Å². The molecule has 0 spiro atoms. The zero-order chi connectivity index (χ0) is 18.4. The van der Waals surface area contributed by atoms with E-state index in [1.54, 1.807) is 12.1 Å². The first-order valence-corrected chi connectivity index (χ1v) is 9.49. The summed E-state index contributed by atoms with van der Waals surface area (Å²) < 4.78 is 5.67. The first kappa shape index (κ1) is 18.5. The molecule has 134 valence electrons. The number of benzene rings is 2. The summed E-state index contributed by atoms with van der Waals surface area (Å²) in [7, 11) is 0.